The summed E-state index contributed by atoms with van der Waals surface area (Å²) in [7, 11) is 0. The van der Waals surface area contributed by atoms with E-state index in [0.717, 1.165) is 24.8 Å². The molecule has 2 aromatic rings. The maximum atomic E-state index is 6.17. The summed E-state index contributed by atoms with van der Waals surface area (Å²) >= 11 is 5.97. The van der Waals surface area contributed by atoms with Crippen LogP contribution < -0.4 is 5.73 Å². The van der Waals surface area contributed by atoms with Crippen molar-refractivity contribution in [3.05, 3.63) is 35.2 Å². The third-order valence-corrected chi connectivity index (χ3v) is 4.26. The van der Waals surface area contributed by atoms with Gasteiger partial charge in [-0.15, -0.1) is 0 Å². The lowest BCUT2D eigenvalue weighted by atomic mass is 9.85. The van der Waals surface area contributed by atoms with Gasteiger partial charge in [0.2, 0.25) is 11.7 Å². The number of halogens is 1. The Morgan fingerprint density at radius 1 is 1.47 bits per heavy atom. The zero-order chi connectivity index (χ0) is 13.5. The first-order valence-corrected chi connectivity index (χ1v) is 6.83. The summed E-state index contributed by atoms with van der Waals surface area (Å²) < 4.78 is 5.43. The van der Waals surface area contributed by atoms with Crippen molar-refractivity contribution in [3.63, 3.8) is 0 Å². The Hall–Kier alpha value is -1.39. The van der Waals surface area contributed by atoms with Gasteiger partial charge in [-0.05, 0) is 31.9 Å². The fourth-order valence-electron chi connectivity index (χ4n) is 2.66. The summed E-state index contributed by atoms with van der Waals surface area (Å²) in [5, 5.41) is 4.71. The molecule has 1 aromatic carbocycles. The molecule has 1 fully saturated rings. The fraction of sp³-hybridized carbons (Fsp3) is 0.429. The lowest BCUT2D eigenvalue weighted by molar-refractivity contribution is 0.278. The maximum Gasteiger partial charge on any atom is 0.234 e. The Morgan fingerprint density at radius 3 is 3.00 bits per heavy atom. The quantitative estimate of drug-likeness (QED) is 0.916. The van der Waals surface area contributed by atoms with Gasteiger partial charge in [0.15, 0.2) is 0 Å². The zero-order valence-electron chi connectivity index (χ0n) is 10.8. The van der Waals surface area contributed by atoms with Crippen molar-refractivity contribution in [1.29, 1.82) is 0 Å². The molecule has 4 nitrogen and oxygen atoms in total. The molecule has 0 saturated heterocycles. The Kier molecular flexibility index (Phi) is 3.07. The van der Waals surface area contributed by atoms with Gasteiger partial charge in [-0.25, -0.2) is 0 Å². The normalized spacial score (nSPS) is 26.8. The van der Waals surface area contributed by atoms with E-state index < -0.39 is 0 Å². The molecule has 1 heterocycles. The van der Waals surface area contributed by atoms with Crippen LogP contribution in [0.25, 0.3) is 11.4 Å². The molecule has 0 bridgehead atoms. The van der Waals surface area contributed by atoms with E-state index in [1.54, 1.807) is 0 Å². The zero-order valence-corrected chi connectivity index (χ0v) is 11.5. The van der Waals surface area contributed by atoms with Gasteiger partial charge < -0.3 is 10.3 Å². The highest BCUT2D eigenvalue weighted by atomic mass is 35.5. The van der Waals surface area contributed by atoms with E-state index in [0.29, 0.717) is 16.7 Å². The molecule has 5 heteroatoms. The summed E-state index contributed by atoms with van der Waals surface area (Å²) in [5.74, 6) is 1.20. The number of aromatic nitrogens is 2. The number of rotatable bonds is 2. The van der Waals surface area contributed by atoms with Crippen LogP contribution in [-0.4, -0.2) is 16.2 Å². The predicted octanol–water partition coefficient (Wildman–Crippen LogP) is 3.16. The monoisotopic (exact) mass is 277 g/mol. The average molecular weight is 278 g/mol. The molecule has 0 radical (unpaired) electrons. The van der Waals surface area contributed by atoms with Crippen LogP contribution >= 0.6 is 11.6 Å². The van der Waals surface area contributed by atoms with Crippen molar-refractivity contribution >= 4 is 11.6 Å². The molecule has 1 aliphatic rings. The van der Waals surface area contributed by atoms with Crippen LogP contribution in [0.3, 0.4) is 0 Å². The fourth-order valence-corrected chi connectivity index (χ4v) is 2.85. The average Bonchev–Trinajstić information content (AvgIpc) is 2.99. The standard InChI is InChI=1S/C14H16ClN3O/c1-14(7-3-6-11(14)16)13-17-12(18-19-13)9-4-2-5-10(15)8-9/h2,4-5,8,11H,3,6-7,16H2,1H3. The summed E-state index contributed by atoms with van der Waals surface area (Å²) in [6, 6.07) is 7.52. The molecule has 1 aromatic heterocycles. The number of benzene rings is 1. The van der Waals surface area contributed by atoms with Gasteiger partial charge in [0.1, 0.15) is 0 Å². The largest absolute Gasteiger partial charge is 0.338 e. The highest BCUT2D eigenvalue weighted by molar-refractivity contribution is 6.30. The van der Waals surface area contributed by atoms with Gasteiger partial charge in [0, 0.05) is 16.6 Å². The number of hydrogen-bond acceptors (Lipinski definition) is 4. The number of nitrogens with two attached hydrogens (primary N) is 1. The van der Waals surface area contributed by atoms with Gasteiger partial charge in [0.05, 0.1) is 5.41 Å². The van der Waals surface area contributed by atoms with Gasteiger partial charge in [-0.2, -0.15) is 4.98 Å². The van der Waals surface area contributed by atoms with Crippen LogP contribution in [0.5, 0.6) is 0 Å². The molecule has 2 atom stereocenters. The van der Waals surface area contributed by atoms with E-state index >= 15 is 0 Å². The van der Waals surface area contributed by atoms with Gasteiger partial charge in [0.25, 0.3) is 0 Å². The van der Waals surface area contributed by atoms with Crippen LogP contribution in [-0.2, 0) is 5.41 Å². The van der Waals surface area contributed by atoms with Crippen LogP contribution in [0, 0.1) is 0 Å². The molecule has 2 unspecified atom stereocenters. The summed E-state index contributed by atoms with van der Waals surface area (Å²) in [5.41, 5.74) is 6.82. The van der Waals surface area contributed by atoms with Gasteiger partial charge in [-0.3, -0.25) is 0 Å². The predicted molar refractivity (Wildman–Crippen MR) is 73.9 cm³/mol. The Labute approximate surface area is 117 Å². The molecule has 1 aliphatic carbocycles. The minimum absolute atomic E-state index is 0.0835. The molecule has 0 aliphatic heterocycles. The van der Waals surface area contributed by atoms with Crippen molar-refractivity contribution in [2.75, 3.05) is 0 Å². The van der Waals surface area contributed by atoms with E-state index in [9.17, 15) is 0 Å². The SMILES string of the molecule is CC1(c2nc(-c3cccc(Cl)c3)no2)CCCC1N. The first-order valence-electron chi connectivity index (χ1n) is 6.45. The first kappa shape index (κ1) is 12.6. The van der Waals surface area contributed by atoms with E-state index in [4.69, 9.17) is 21.9 Å². The number of hydrogen-bond donors (Lipinski definition) is 1. The van der Waals surface area contributed by atoms with E-state index in [2.05, 4.69) is 17.1 Å². The Balaban J connectivity index is 1.96. The second-order valence-corrected chi connectivity index (χ2v) is 5.79. The van der Waals surface area contributed by atoms with Crippen LogP contribution in [0.4, 0.5) is 0 Å². The van der Waals surface area contributed by atoms with Crippen LogP contribution in [0.15, 0.2) is 28.8 Å². The van der Waals surface area contributed by atoms with E-state index in [1.165, 1.54) is 0 Å². The van der Waals surface area contributed by atoms with E-state index in [-0.39, 0.29) is 11.5 Å². The Bertz CT molecular complexity index is 598. The van der Waals surface area contributed by atoms with Gasteiger partial charge >= 0.3 is 0 Å². The lowest BCUT2D eigenvalue weighted by Crippen LogP contribution is -2.38. The lowest BCUT2D eigenvalue weighted by Gasteiger charge is -2.23. The molecular weight excluding hydrogens is 262 g/mol. The molecule has 0 amide bonds. The summed E-state index contributed by atoms with van der Waals surface area (Å²) in [4.78, 5) is 4.51. The summed E-state index contributed by atoms with van der Waals surface area (Å²) in [6.45, 7) is 2.10. The van der Waals surface area contributed by atoms with Crippen molar-refractivity contribution in [1.82, 2.24) is 10.1 Å². The second-order valence-electron chi connectivity index (χ2n) is 5.35. The van der Waals surface area contributed by atoms with Crippen molar-refractivity contribution < 1.29 is 4.52 Å². The molecule has 0 spiro atoms. The molecule has 2 N–H and O–H groups in total. The maximum absolute atomic E-state index is 6.17. The minimum atomic E-state index is -0.205. The van der Waals surface area contributed by atoms with Crippen molar-refractivity contribution in [2.24, 2.45) is 5.73 Å². The van der Waals surface area contributed by atoms with Crippen LogP contribution in [0.2, 0.25) is 5.02 Å². The smallest absolute Gasteiger partial charge is 0.234 e. The molecule has 100 valence electrons. The van der Waals surface area contributed by atoms with Gasteiger partial charge in [-0.1, -0.05) is 35.3 Å². The molecule has 1 saturated carbocycles. The summed E-state index contributed by atoms with van der Waals surface area (Å²) in [6.07, 6.45) is 3.10. The third-order valence-electron chi connectivity index (χ3n) is 4.03. The minimum Gasteiger partial charge on any atom is -0.338 e. The third kappa shape index (κ3) is 2.15. The second kappa shape index (κ2) is 4.62. The van der Waals surface area contributed by atoms with E-state index in [1.807, 2.05) is 24.3 Å². The number of nitrogens with zero attached hydrogens (tertiary/aromatic N) is 2. The highest BCUT2D eigenvalue weighted by Gasteiger charge is 2.42. The Morgan fingerprint density at radius 2 is 2.32 bits per heavy atom. The van der Waals surface area contributed by atoms with Crippen molar-refractivity contribution in [2.45, 2.75) is 37.6 Å². The first-order chi connectivity index (χ1) is 9.09. The molecule has 3 rings (SSSR count). The molecule has 19 heavy (non-hydrogen) atoms. The van der Waals surface area contributed by atoms with Crippen molar-refractivity contribution in [3.8, 4) is 11.4 Å². The topological polar surface area (TPSA) is 64.9 Å². The van der Waals surface area contributed by atoms with Crippen LogP contribution in [0.1, 0.15) is 32.1 Å². The molecular formula is C14H16ClN3O. The highest BCUT2D eigenvalue weighted by Crippen LogP contribution is 2.39.